The highest BCUT2D eigenvalue weighted by molar-refractivity contribution is 8.15. The Kier molecular flexibility index (Phi) is 6.39. The molecule has 2 aromatic carbocycles. The van der Waals surface area contributed by atoms with Crippen molar-refractivity contribution in [2.75, 3.05) is 6.54 Å². The molecule has 1 saturated heterocycles. The third kappa shape index (κ3) is 4.82. The Hall–Kier alpha value is -2.05. The number of carbonyl (C=O) groups is 2. The van der Waals surface area contributed by atoms with Gasteiger partial charge in [0.25, 0.3) is 5.24 Å². The van der Waals surface area contributed by atoms with E-state index in [1.165, 1.54) is 17.0 Å². The molecule has 0 aromatic heterocycles. The van der Waals surface area contributed by atoms with Gasteiger partial charge in [0.2, 0.25) is 5.91 Å². The van der Waals surface area contributed by atoms with Crippen molar-refractivity contribution < 1.29 is 18.7 Å². The summed E-state index contributed by atoms with van der Waals surface area (Å²) in [6.07, 6.45) is 1.18. The molecule has 1 aliphatic rings. The number of carbonyl (C=O) groups excluding carboxylic acids is 2. The molecule has 0 radical (unpaired) electrons. The first-order chi connectivity index (χ1) is 13.0. The summed E-state index contributed by atoms with van der Waals surface area (Å²) in [6, 6.07) is 11.4. The van der Waals surface area contributed by atoms with Crippen molar-refractivity contribution in [1.29, 1.82) is 0 Å². The summed E-state index contributed by atoms with van der Waals surface area (Å²) >= 11 is 7.36. The summed E-state index contributed by atoms with van der Waals surface area (Å²) in [5.41, 5.74) is 1.70. The van der Waals surface area contributed by atoms with Crippen molar-refractivity contribution >= 4 is 34.5 Å². The molecule has 1 aliphatic heterocycles. The molecule has 2 aromatic rings. The second kappa shape index (κ2) is 8.76. The molecular formula is C20H19ClFNO3S. The van der Waals surface area contributed by atoms with Gasteiger partial charge in [-0.05, 0) is 48.2 Å². The molecule has 3 rings (SSSR count). The predicted octanol–water partition coefficient (Wildman–Crippen LogP) is 5.07. The fraction of sp³-hybridized carbons (Fsp3) is 0.300. The fourth-order valence-corrected chi connectivity index (χ4v) is 4.11. The molecule has 0 spiro atoms. The maximum atomic E-state index is 12.9. The van der Waals surface area contributed by atoms with E-state index in [1.54, 1.807) is 24.3 Å². The summed E-state index contributed by atoms with van der Waals surface area (Å²) in [4.78, 5) is 25.6. The predicted molar refractivity (Wildman–Crippen MR) is 105 cm³/mol. The highest BCUT2D eigenvalue weighted by Crippen LogP contribution is 2.32. The minimum absolute atomic E-state index is 0.139. The molecule has 0 saturated carbocycles. The van der Waals surface area contributed by atoms with Gasteiger partial charge >= 0.3 is 0 Å². The van der Waals surface area contributed by atoms with Gasteiger partial charge in [0.1, 0.15) is 18.2 Å². The van der Waals surface area contributed by atoms with Gasteiger partial charge in [0.05, 0.1) is 10.3 Å². The Balaban J connectivity index is 1.62. The zero-order valence-corrected chi connectivity index (χ0v) is 16.4. The number of amides is 2. The van der Waals surface area contributed by atoms with E-state index in [-0.39, 0.29) is 23.6 Å². The van der Waals surface area contributed by atoms with Crippen LogP contribution in [0.3, 0.4) is 0 Å². The van der Waals surface area contributed by atoms with E-state index in [1.807, 2.05) is 13.0 Å². The highest BCUT2D eigenvalue weighted by atomic mass is 35.5. The van der Waals surface area contributed by atoms with Gasteiger partial charge in [-0.3, -0.25) is 14.5 Å². The number of rotatable bonds is 7. The third-order valence-corrected chi connectivity index (χ3v) is 5.55. The first-order valence-electron chi connectivity index (χ1n) is 8.65. The summed E-state index contributed by atoms with van der Waals surface area (Å²) in [6.45, 7) is 2.66. The third-order valence-electron chi connectivity index (χ3n) is 4.18. The number of hydrogen-bond acceptors (Lipinski definition) is 4. The van der Waals surface area contributed by atoms with Gasteiger partial charge in [-0.2, -0.15) is 0 Å². The monoisotopic (exact) mass is 407 g/mol. The van der Waals surface area contributed by atoms with Gasteiger partial charge in [-0.25, -0.2) is 4.39 Å². The maximum Gasteiger partial charge on any atom is 0.289 e. The van der Waals surface area contributed by atoms with Crippen LogP contribution in [0.5, 0.6) is 5.75 Å². The van der Waals surface area contributed by atoms with Crippen molar-refractivity contribution in [2.45, 2.75) is 31.6 Å². The minimum Gasteiger partial charge on any atom is -0.487 e. The number of hydrogen-bond donors (Lipinski definition) is 0. The highest BCUT2D eigenvalue weighted by Gasteiger charge is 2.38. The van der Waals surface area contributed by atoms with Crippen molar-refractivity contribution in [3.05, 3.63) is 64.4 Å². The molecule has 2 amide bonds. The second-order valence-electron chi connectivity index (χ2n) is 6.25. The molecule has 0 N–H and O–H groups in total. The van der Waals surface area contributed by atoms with Crippen LogP contribution in [0.1, 0.15) is 24.5 Å². The number of thioether (sulfide) groups is 1. The normalized spacial score (nSPS) is 16.9. The lowest BCUT2D eigenvalue weighted by atomic mass is 10.1. The Labute approximate surface area is 166 Å². The lowest BCUT2D eigenvalue weighted by Gasteiger charge is -2.13. The average molecular weight is 408 g/mol. The van der Waals surface area contributed by atoms with Crippen molar-refractivity contribution in [3.63, 3.8) is 0 Å². The lowest BCUT2D eigenvalue weighted by molar-refractivity contribution is -0.126. The molecule has 1 fully saturated rings. The smallest absolute Gasteiger partial charge is 0.289 e. The van der Waals surface area contributed by atoms with Gasteiger partial charge < -0.3 is 4.74 Å². The first-order valence-corrected chi connectivity index (χ1v) is 9.91. The average Bonchev–Trinajstić information content (AvgIpc) is 2.90. The number of ether oxygens (including phenoxy) is 1. The van der Waals surface area contributed by atoms with Crippen LogP contribution in [0, 0.1) is 5.82 Å². The Morgan fingerprint density at radius 3 is 2.52 bits per heavy atom. The molecule has 27 heavy (non-hydrogen) atoms. The number of nitrogens with zero attached hydrogens (tertiary/aromatic N) is 1. The summed E-state index contributed by atoms with van der Waals surface area (Å²) in [5, 5.41) is -0.162. The van der Waals surface area contributed by atoms with Crippen LogP contribution in [0.25, 0.3) is 0 Å². The minimum atomic E-state index is -0.411. The van der Waals surface area contributed by atoms with Crippen LogP contribution in [-0.2, 0) is 17.8 Å². The summed E-state index contributed by atoms with van der Waals surface area (Å²) in [5.74, 6) is 0.0786. The van der Waals surface area contributed by atoms with Crippen molar-refractivity contribution in [2.24, 2.45) is 0 Å². The summed E-state index contributed by atoms with van der Waals surface area (Å²) < 4.78 is 18.6. The van der Waals surface area contributed by atoms with E-state index >= 15 is 0 Å². The molecule has 7 heteroatoms. The van der Waals surface area contributed by atoms with Crippen LogP contribution in [0.15, 0.2) is 42.5 Å². The molecule has 0 bridgehead atoms. The zero-order chi connectivity index (χ0) is 19.4. The van der Waals surface area contributed by atoms with E-state index < -0.39 is 5.25 Å². The maximum absolute atomic E-state index is 12.9. The second-order valence-corrected chi connectivity index (χ2v) is 7.81. The van der Waals surface area contributed by atoms with E-state index in [9.17, 15) is 14.0 Å². The number of halogens is 2. The fourth-order valence-electron chi connectivity index (χ4n) is 2.80. The molecule has 1 heterocycles. The molecular weight excluding hydrogens is 389 g/mol. The van der Waals surface area contributed by atoms with Crippen LogP contribution in [-0.4, -0.2) is 27.8 Å². The van der Waals surface area contributed by atoms with E-state index in [4.69, 9.17) is 16.3 Å². The van der Waals surface area contributed by atoms with Crippen LogP contribution >= 0.6 is 23.4 Å². The Bertz CT molecular complexity index is 844. The first kappa shape index (κ1) is 19.7. The number of benzene rings is 2. The Morgan fingerprint density at radius 2 is 1.85 bits per heavy atom. The van der Waals surface area contributed by atoms with Gasteiger partial charge in [-0.1, -0.05) is 48.5 Å². The molecule has 0 unspecified atom stereocenters. The molecule has 142 valence electrons. The van der Waals surface area contributed by atoms with Crippen LogP contribution in [0.2, 0.25) is 5.02 Å². The van der Waals surface area contributed by atoms with Crippen molar-refractivity contribution in [1.82, 2.24) is 4.90 Å². The van der Waals surface area contributed by atoms with E-state index in [2.05, 4.69) is 0 Å². The molecule has 1 atom stereocenters. The lowest BCUT2D eigenvalue weighted by Crippen LogP contribution is -2.32. The Morgan fingerprint density at radius 1 is 1.15 bits per heavy atom. The topological polar surface area (TPSA) is 46.6 Å². The molecule has 4 nitrogen and oxygen atoms in total. The van der Waals surface area contributed by atoms with Crippen LogP contribution in [0.4, 0.5) is 9.18 Å². The van der Waals surface area contributed by atoms with Gasteiger partial charge in [0, 0.05) is 6.54 Å². The largest absolute Gasteiger partial charge is 0.487 e. The summed E-state index contributed by atoms with van der Waals surface area (Å²) in [7, 11) is 0. The SMILES string of the molecule is CCCN1C(=O)S[C@@H](Cc2ccc(OCc3ccc(F)cc3)c(Cl)c2)C1=O. The number of imide groups is 1. The zero-order valence-electron chi connectivity index (χ0n) is 14.8. The van der Waals surface area contributed by atoms with Gasteiger partial charge in [-0.15, -0.1) is 0 Å². The van der Waals surface area contributed by atoms with Crippen molar-refractivity contribution in [3.8, 4) is 5.75 Å². The quantitative estimate of drug-likeness (QED) is 0.642. The van der Waals surface area contributed by atoms with E-state index in [0.717, 1.165) is 29.3 Å². The van der Waals surface area contributed by atoms with Gasteiger partial charge in [0.15, 0.2) is 0 Å². The van der Waals surface area contributed by atoms with Crippen LogP contribution < -0.4 is 4.74 Å². The van der Waals surface area contributed by atoms with E-state index in [0.29, 0.717) is 23.7 Å². The standard InChI is InChI=1S/C20H19ClFNO3S/c1-2-9-23-19(24)18(27-20(23)25)11-14-5-8-17(16(21)10-14)26-12-13-3-6-15(22)7-4-13/h3-8,10,18H,2,9,11-12H2,1H3/t18-/m0/s1. The molecule has 0 aliphatic carbocycles.